The van der Waals surface area contributed by atoms with Gasteiger partial charge < -0.3 is 15.5 Å². The van der Waals surface area contributed by atoms with Gasteiger partial charge in [-0.25, -0.2) is 4.79 Å². The molecule has 166 valence electrons. The molecule has 0 aromatic heterocycles. The molecule has 1 unspecified atom stereocenters. The molecule has 3 rings (SSSR count). The number of hydrogen-bond acceptors (Lipinski definition) is 3. The molecule has 3 amide bonds. The molecule has 0 radical (unpaired) electrons. The lowest BCUT2D eigenvalue weighted by Crippen LogP contribution is -2.56. The Hall–Kier alpha value is -2.28. The first-order valence-electron chi connectivity index (χ1n) is 10.4. The molecule has 0 spiro atoms. The Balaban J connectivity index is 1.54. The van der Waals surface area contributed by atoms with Gasteiger partial charge in [-0.2, -0.15) is 0 Å². The number of benzene rings is 2. The highest BCUT2D eigenvalue weighted by Crippen LogP contribution is 2.25. The van der Waals surface area contributed by atoms with Gasteiger partial charge in [0.05, 0.1) is 10.0 Å². The van der Waals surface area contributed by atoms with Crippen LogP contribution in [0.25, 0.3) is 0 Å². The first-order chi connectivity index (χ1) is 14.8. The van der Waals surface area contributed by atoms with Crippen molar-refractivity contribution in [2.24, 2.45) is 5.92 Å². The van der Waals surface area contributed by atoms with Gasteiger partial charge in [-0.3, -0.25) is 9.69 Å². The molecule has 6 nitrogen and oxygen atoms in total. The Bertz CT molecular complexity index is 900. The summed E-state index contributed by atoms with van der Waals surface area (Å²) in [4.78, 5) is 29.8. The Kier molecular flexibility index (Phi) is 8.18. The van der Waals surface area contributed by atoms with Crippen molar-refractivity contribution < 1.29 is 9.59 Å². The van der Waals surface area contributed by atoms with E-state index in [1.165, 1.54) is 5.56 Å². The summed E-state index contributed by atoms with van der Waals surface area (Å²) in [7, 11) is 0. The number of nitrogens with zero attached hydrogens (tertiary/aromatic N) is 2. The van der Waals surface area contributed by atoms with Gasteiger partial charge in [-0.1, -0.05) is 67.4 Å². The predicted molar refractivity (Wildman–Crippen MR) is 126 cm³/mol. The van der Waals surface area contributed by atoms with Crippen molar-refractivity contribution in [1.82, 2.24) is 15.1 Å². The third kappa shape index (κ3) is 6.60. The Morgan fingerprint density at radius 3 is 2.26 bits per heavy atom. The molecular formula is C23H28Cl2N4O2. The van der Waals surface area contributed by atoms with Gasteiger partial charge in [0.15, 0.2) is 0 Å². The van der Waals surface area contributed by atoms with E-state index in [0.29, 0.717) is 28.8 Å². The highest BCUT2D eigenvalue weighted by atomic mass is 35.5. The number of urea groups is 1. The average molecular weight is 463 g/mol. The SMILES string of the molecule is CC(C)C(NC(=O)Nc1ccc(Cl)c(Cl)c1)C(=O)N1CCN(Cc2ccccc2)CC1. The predicted octanol–water partition coefficient (Wildman–Crippen LogP) is 4.48. The van der Waals surface area contributed by atoms with Crippen molar-refractivity contribution in [2.45, 2.75) is 26.4 Å². The molecule has 0 bridgehead atoms. The zero-order chi connectivity index (χ0) is 22.4. The van der Waals surface area contributed by atoms with Crippen LogP contribution in [-0.4, -0.2) is 54.0 Å². The summed E-state index contributed by atoms with van der Waals surface area (Å²) in [6.07, 6.45) is 0. The number of piperazine rings is 1. The molecule has 1 aliphatic rings. The van der Waals surface area contributed by atoms with Crippen LogP contribution in [0, 0.1) is 5.92 Å². The van der Waals surface area contributed by atoms with Crippen molar-refractivity contribution in [1.29, 1.82) is 0 Å². The maximum absolute atomic E-state index is 13.1. The fraction of sp³-hybridized carbons (Fsp3) is 0.391. The van der Waals surface area contributed by atoms with Gasteiger partial charge in [-0.05, 0) is 29.7 Å². The molecule has 1 fully saturated rings. The molecule has 2 aromatic carbocycles. The minimum atomic E-state index is -0.608. The van der Waals surface area contributed by atoms with Crippen molar-refractivity contribution in [3.63, 3.8) is 0 Å². The van der Waals surface area contributed by atoms with E-state index in [1.807, 2.05) is 36.9 Å². The van der Waals surface area contributed by atoms with Crippen LogP contribution in [0.15, 0.2) is 48.5 Å². The van der Waals surface area contributed by atoms with Gasteiger partial charge in [-0.15, -0.1) is 0 Å². The second-order valence-corrected chi connectivity index (χ2v) is 8.85. The van der Waals surface area contributed by atoms with E-state index in [1.54, 1.807) is 18.2 Å². The van der Waals surface area contributed by atoms with Gasteiger partial charge in [0.25, 0.3) is 0 Å². The van der Waals surface area contributed by atoms with E-state index in [4.69, 9.17) is 23.2 Å². The van der Waals surface area contributed by atoms with Crippen molar-refractivity contribution in [2.75, 3.05) is 31.5 Å². The van der Waals surface area contributed by atoms with Gasteiger partial charge in [0.1, 0.15) is 6.04 Å². The third-order valence-electron chi connectivity index (χ3n) is 5.33. The normalized spacial score (nSPS) is 15.6. The first-order valence-corrected chi connectivity index (χ1v) is 11.2. The van der Waals surface area contributed by atoms with Crippen molar-refractivity contribution in [3.8, 4) is 0 Å². The second kappa shape index (κ2) is 10.8. The number of amides is 3. The number of halogens is 2. The molecule has 1 atom stereocenters. The van der Waals surface area contributed by atoms with Crippen LogP contribution in [-0.2, 0) is 11.3 Å². The zero-order valence-corrected chi connectivity index (χ0v) is 19.3. The molecular weight excluding hydrogens is 435 g/mol. The number of hydrogen-bond donors (Lipinski definition) is 2. The summed E-state index contributed by atoms with van der Waals surface area (Å²) in [6, 6.07) is 14.1. The molecule has 0 saturated carbocycles. The number of anilines is 1. The summed E-state index contributed by atoms with van der Waals surface area (Å²) >= 11 is 11.9. The highest BCUT2D eigenvalue weighted by Gasteiger charge is 2.30. The molecule has 8 heteroatoms. The molecule has 1 heterocycles. The van der Waals surface area contributed by atoms with Gasteiger partial charge in [0, 0.05) is 38.4 Å². The highest BCUT2D eigenvalue weighted by molar-refractivity contribution is 6.42. The standard InChI is InChI=1S/C23H28Cl2N4O2/c1-16(2)21(27-23(31)26-18-8-9-19(24)20(25)14-18)22(30)29-12-10-28(11-13-29)15-17-6-4-3-5-7-17/h3-9,14,16,21H,10-13,15H2,1-2H3,(H2,26,27,31). The fourth-order valence-corrected chi connectivity index (χ4v) is 3.86. The van der Waals surface area contributed by atoms with E-state index in [-0.39, 0.29) is 11.8 Å². The zero-order valence-electron chi connectivity index (χ0n) is 17.8. The average Bonchev–Trinajstić information content (AvgIpc) is 2.75. The molecule has 31 heavy (non-hydrogen) atoms. The van der Waals surface area contributed by atoms with E-state index in [2.05, 4.69) is 27.7 Å². The van der Waals surface area contributed by atoms with E-state index < -0.39 is 12.1 Å². The fourth-order valence-electron chi connectivity index (χ4n) is 3.56. The minimum absolute atomic E-state index is 0.0468. The quantitative estimate of drug-likeness (QED) is 0.664. The van der Waals surface area contributed by atoms with Crippen LogP contribution < -0.4 is 10.6 Å². The maximum atomic E-state index is 13.1. The molecule has 1 aliphatic heterocycles. The number of carbonyl (C=O) groups excluding carboxylic acids is 2. The molecule has 2 N–H and O–H groups in total. The summed E-state index contributed by atoms with van der Waals surface area (Å²) in [6.45, 7) is 7.62. The van der Waals surface area contributed by atoms with Crippen LogP contribution in [0.5, 0.6) is 0 Å². The molecule has 0 aliphatic carbocycles. The topological polar surface area (TPSA) is 64.7 Å². The summed E-state index contributed by atoms with van der Waals surface area (Å²) < 4.78 is 0. The van der Waals surface area contributed by atoms with Crippen LogP contribution >= 0.6 is 23.2 Å². The number of carbonyl (C=O) groups is 2. The lowest BCUT2D eigenvalue weighted by Gasteiger charge is -2.37. The van der Waals surface area contributed by atoms with Crippen molar-refractivity contribution in [3.05, 3.63) is 64.1 Å². The second-order valence-electron chi connectivity index (χ2n) is 8.04. The van der Waals surface area contributed by atoms with E-state index in [9.17, 15) is 9.59 Å². The van der Waals surface area contributed by atoms with E-state index >= 15 is 0 Å². The smallest absolute Gasteiger partial charge is 0.319 e. The van der Waals surface area contributed by atoms with Crippen LogP contribution in [0.4, 0.5) is 10.5 Å². The Morgan fingerprint density at radius 2 is 1.65 bits per heavy atom. The largest absolute Gasteiger partial charge is 0.338 e. The summed E-state index contributed by atoms with van der Waals surface area (Å²) in [5.41, 5.74) is 1.78. The lowest BCUT2D eigenvalue weighted by atomic mass is 10.0. The van der Waals surface area contributed by atoms with Crippen LogP contribution in [0.2, 0.25) is 10.0 Å². The number of nitrogens with one attached hydrogen (secondary N) is 2. The maximum Gasteiger partial charge on any atom is 0.319 e. The number of rotatable bonds is 6. The summed E-state index contributed by atoms with van der Waals surface area (Å²) in [5.74, 6) is -0.104. The van der Waals surface area contributed by atoms with Crippen molar-refractivity contribution >= 4 is 40.8 Å². The van der Waals surface area contributed by atoms with Crippen LogP contribution in [0.1, 0.15) is 19.4 Å². The van der Waals surface area contributed by atoms with Crippen LogP contribution in [0.3, 0.4) is 0 Å². The monoisotopic (exact) mass is 462 g/mol. The third-order valence-corrected chi connectivity index (χ3v) is 6.07. The minimum Gasteiger partial charge on any atom is -0.338 e. The lowest BCUT2D eigenvalue weighted by molar-refractivity contribution is -0.136. The molecule has 1 saturated heterocycles. The van der Waals surface area contributed by atoms with E-state index in [0.717, 1.165) is 19.6 Å². The summed E-state index contributed by atoms with van der Waals surface area (Å²) in [5, 5.41) is 6.29. The first kappa shape index (κ1) is 23.4. The Labute approximate surface area is 193 Å². The van der Waals surface area contributed by atoms with Gasteiger partial charge >= 0.3 is 6.03 Å². The Morgan fingerprint density at radius 1 is 0.968 bits per heavy atom. The molecule has 2 aromatic rings. The van der Waals surface area contributed by atoms with Gasteiger partial charge in [0.2, 0.25) is 5.91 Å².